The molecule has 0 bridgehead atoms. The lowest BCUT2D eigenvalue weighted by atomic mass is 10.0. The monoisotopic (exact) mass is 289 g/mol. The zero-order chi connectivity index (χ0) is 14.1. The first kappa shape index (κ1) is 12.8. The van der Waals surface area contributed by atoms with Gasteiger partial charge in [-0.15, -0.1) is 0 Å². The molecule has 3 rings (SSSR count). The minimum Gasteiger partial charge on any atom is -0.508 e. The first-order valence-electron chi connectivity index (χ1n) is 6.16. The third-order valence-electron chi connectivity index (χ3n) is 3.23. The molecular formula is C15H12ClNO3. The fourth-order valence-electron chi connectivity index (χ4n) is 2.20. The van der Waals surface area contributed by atoms with Crippen LogP contribution in [-0.2, 0) is 4.79 Å². The predicted octanol–water partition coefficient (Wildman–Crippen LogP) is 3.16. The Hall–Kier alpha value is -2.20. The highest BCUT2D eigenvalue weighted by atomic mass is 35.5. The number of halogens is 1. The van der Waals surface area contributed by atoms with E-state index in [0.29, 0.717) is 17.3 Å². The van der Waals surface area contributed by atoms with E-state index >= 15 is 0 Å². The number of hydrogen-bond donors (Lipinski definition) is 2. The van der Waals surface area contributed by atoms with Crippen molar-refractivity contribution in [1.82, 2.24) is 0 Å². The fourth-order valence-corrected chi connectivity index (χ4v) is 2.43. The Kier molecular flexibility index (Phi) is 3.24. The largest absolute Gasteiger partial charge is 0.508 e. The van der Waals surface area contributed by atoms with Crippen molar-refractivity contribution in [3.05, 3.63) is 53.1 Å². The molecule has 2 N–H and O–H groups in total. The number of hydrogen-bond acceptors (Lipinski definition) is 3. The van der Waals surface area contributed by atoms with Crippen LogP contribution in [0.3, 0.4) is 0 Å². The van der Waals surface area contributed by atoms with Gasteiger partial charge in [-0.3, -0.25) is 4.79 Å². The molecule has 102 valence electrons. The maximum atomic E-state index is 12.3. The quantitative estimate of drug-likeness (QED) is 0.835. The van der Waals surface area contributed by atoms with Crippen LogP contribution in [0.2, 0.25) is 5.02 Å². The molecule has 20 heavy (non-hydrogen) atoms. The van der Waals surface area contributed by atoms with E-state index in [-0.39, 0.29) is 17.6 Å². The molecule has 1 aliphatic heterocycles. The Balaban J connectivity index is 1.81. The smallest absolute Gasteiger partial charge is 0.235 e. The second-order valence-electron chi connectivity index (χ2n) is 4.55. The zero-order valence-electron chi connectivity index (χ0n) is 10.5. The van der Waals surface area contributed by atoms with Gasteiger partial charge in [-0.25, -0.2) is 0 Å². The number of para-hydroxylation sites is 1. The molecule has 2 aromatic carbocycles. The molecule has 2 aromatic rings. The van der Waals surface area contributed by atoms with Crippen LogP contribution in [0.5, 0.6) is 11.5 Å². The van der Waals surface area contributed by atoms with E-state index in [4.69, 9.17) is 16.3 Å². The number of fused-ring (bicyclic) bond motifs is 1. The third kappa shape index (κ3) is 2.30. The van der Waals surface area contributed by atoms with Gasteiger partial charge in [0.15, 0.2) is 0 Å². The second-order valence-corrected chi connectivity index (χ2v) is 4.96. The summed E-state index contributed by atoms with van der Waals surface area (Å²) in [6.07, 6.45) is 0. The van der Waals surface area contributed by atoms with Crippen molar-refractivity contribution >= 4 is 23.2 Å². The second kappa shape index (κ2) is 5.06. The van der Waals surface area contributed by atoms with Crippen LogP contribution >= 0.6 is 11.6 Å². The van der Waals surface area contributed by atoms with Gasteiger partial charge in [0.1, 0.15) is 24.0 Å². The van der Waals surface area contributed by atoms with Crippen molar-refractivity contribution in [2.75, 3.05) is 11.9 Å². The number of phenols is 1. The summed E-state index contributed by atoms with van der Waals surface area (Å²) in [5, 5.41) is 12.4. The lowest BCUT2D eigenvalue weighted by Gasteiger charge is -2.11. The van der Waals surface area contributed by atoms with E-state index < -0.39 is 0 Å². The normalized spacial score (nSPS) is 16.4. The number of amides is 1. The minimum absolute atomic E-state index is 0.0579. The highest BCUT2D eigenvalue weighted by Crippen LogP contribution is 2.35. The molecule has 0 spiro atoms. The van der Waals surface area contributed by atoms with Crippen molar-refractivity contribution in [2.45, 2.75) is 5.92 Å². The zero-order valence-corrected chi connectivity index (χ0v) is 11.2. The van der Waals surface area contributed by atoms with E-state index in [0.717, 1.165) is 11.3 Å². The summed E-state index contributed by atoms with van der Waals surface area (Å²) in [4.78, 5) is 12.3. The van der Waals surface area contributed by atoms with Crippen molar-refractivity contribution in [1.29, 1.82) is 0 Å². The van der Waals surface area contributed by atoms with E-state index in [9.17, 15) is 9.90 Å². The molecule has 0 saturated carbocycles. The van der Waals surface area contributed by atoms with Crippen LogP contribution in [0.15, 0.2) is 42.5 Å². The summed E-state index contributed by atoms with van der Waals surface area (Å²) in [6.45, 7) is 0.320. The van der Waals surface area contributed by atoms with Crippen LogP contribution in [0.1, 0.15) is 11.5 Å². The number of carbonyl (C=O) groups excluding carboxylic acids is 1. The van der Waals surface area contributed by atoms with Gasteiger partial charge in [0.05, 0.1) is 10.7 Å². The number of carbonyl (C=O) groups is 1. The van der Waals surface area contributed by atoms with Crippen molar-refractivity contribution < 1.29 is 14.6 Å². The predicted molar refractivity (Wildman–Crippen MR) is 76.4 cm³/mol. The highest BCUT2D eigenvalue weighted by Gasteiger charge is 2.30. The van der Waals surface area contributed by atoms with Crippen molar-refractivity contribution in [3.8, 4) is 11.5 Å². The summed E-state index contributed by atoms with van der Waals surface area (Å²) < 4.78 is 5.49. The Bertz CT molecular complexity index is 672. The van der Waals surface area contributed by atoms with Gasteiger partial charge in [0, 0.05) is 11.6 Å². The van der Waals surface area contributed by atoms with Crippen LogP contribution in [0.4, 0.5) is 5.69 Å². The van der Waals surface area contributed by atoms with E-state index in [2.05, 4.69) is 5.32 Å². The Morgan fingerprint density at radius 1 is 1.30 bits per heavy atom. The van der Waals surface area contributed by atoms with Crippen LogP contribution < -0.4 is 10.1 Å². The Labute approximate surface area is 120 Å². The molecule has 1 unspecified atom stereocenters. The van der Waals surface area contributed by atoms with Gasteiger partial charge < -0.3 is 15.2 Å². The number of benzene rings is 2. The van der Waals surface area contributed by atoms with Gasteiger partial charge in [-0.05, 0) is 18.2 Å². The SMILES string of the molecule is O=C(Nc1ccc(O)cc1Cl)C1COc2ccccc21. The Morgan fingerprint density at radius 2 is 2.10 bits per heavy atom. The lowest BCUT2D eigenvalue weighted by Crippen LogP contribution is -2.22. The molecule has 1 aliphatic rings. The minimum atomic E-state index is -0.351. The molecule has 5 heteroatoms. The third-order valence-corrected chi connectivity index (χ3v) is 3.54. The molecule has 0 aliphatic carbocycles. The van der Waals surface area contributed by atoms with Gasteiger partial charge >= 0.3 is 0 Å². The van der Waals surface area contributed by atoms with Gasteiger partial charge in [-0.2, -0.15) is 0 Å². The maximum absolute atomic E-state index is 12.3. The standard InChI is InChI=1S/C15H12ClNO3/c16-12-7-9(18)5-6-13(12)17-15(19)11-8-20-14-4-2-1-3-10(11)14/h1-7,11,18H,8H2,(H,17,19). The maximum Gasteiger partial charge on any atom is 0.235 e. The van der Waals surface area contributed by atoms with Gasteiger partial charge in [0.25, 0.3) is 0 Å². The highest BCUT2D eigenvalue weighted by molar-refractivity contribution is 6.33. The molecule has 1 atom stereocenters. The number of rotatable bonds is 2. The number of ether oxygens (including phenoxy) is 1. The molecule has 4 nitrogen and oxygen atoms in total. The summed E-state index contributed by atoms with van der Waals surface area (Å²) in [5.41, 5.74) is 1.35. The average Bonchev–Trinajstić information content (AvgIpc) is 2.86. The van der Waals surface area contributed by atoms with Crippen molar-refractivity contribution in [3.63, 3.8) is 0 Å². The molecule has 0 saturated heterocycles. The summed E-state index contributed by atoms with van der Waals surface area (Å²) >= 11 is 5.97. The first-order chi connectivity index (χ1) is 9.65. The van der Waals surface area contributed by atoms with E-state index in [1.807, 2.05) is 24.3 Å². The summed E-state index contributed by atoms with van der Waals surface area (Å²) in [5.74, 6) is 0.269. The first-order valence-corrected chi connectivity index (χ1v) is 6.54. The van der Waals surface area contributed by atoms with Crippen LogP contribution in [0.25, 0.3) is 0 Å². The summed E-state index contributed by atoms with van der Waals surface area (Å²) in [7, 11) is 0. The number of nitrogens with one attached hydrogen (secondary N) is 1. The summed E-state index contributed by atoms with van der Waals surface area (Å²) in [6, 6.07) is 11.9. The van der Waals surface area contributed by atoms with E-state index in [1.54, 1.807) is 6.07 Å². The molecule has 0 aromatic heterocycles. The fraction of sp³-hybridized carbons (Fsp3) is 0.133. The average molecular weight is 290 g/mol. The van der Waals surface area contributed by atoms with Crippen molar-refractivity contribution in [2.24, 2.45) is 0 Å². The number of aromatic hydroxyl groups is 1. The number of phenolic OH excluding ortho intramolecular Hbond substituents is 1. The molecule has 0 radical (unpaired) electrons. The Morgan fingerprint density at radius 3 is 2.90 bits per heavy atom. The molecule has 1 heterocycles. The molecule has 1 amide bonds. The number of anilines is 1. The molecular weight excluding hydrogens is 278 g/mol. The van der Waals surface area contributed by atoms with Crippen LogP contribution in [-0.4, -0.2) is 17.6 Å². The van der Waals surface area contributed by atoms with Gasteiger partial charge in [0.2, 0.25) is 5.91 Å². The van der Waals surface area contributed by atoms with Gasteiger partial charge in [-0.1, -0.05) is 29.8 Å². The topological polar surface area (TPSA) is 58.6 Å². The van der Waals surface area contributed by atoms with E-state index in [1.165, 1.54) is 12.1 Å². The lowest BCUT2D eigenvalue weighted by molar-refractivity contribution is -0.117. The van der Waals surface area contributed by atoms with Crippen LogP contribution in [0, 0.1) is 0 Å². The molecule has 0 fully saturated rings.